The van der Waals surface area contributed by atoms with E-state index in [0.29, 0.717) is 12.3 Å². The summed E-state index contributed by atoms with van der Waals surface area (Å²) in [4.78, 5) is 11.3. The van der Waals surface area contributed by atoms with E-state index in [2.05, 4.69) is 5.10 Å². The highest BCUT2D eigenvalue weighted by Gasteiger charge is 2.14. The Labute approximate surface area is 98.4 Å². The van der Waals surface area contributed by atoms with Crippen LogP contribution in [0.1, 0.15) is 27.6 Å². The van der Waals surface area contributed by atoms with Gasteiger partial charge >= 0.3 is 5.91 Å². The molecule has 0 atom stereocenters. The van der Waals surface area contributed by atoms with Crippen molar-refractivity contribution in [3.8, 4) is 0 Å². The first-order chi connectivity index (χ1) is 8.11. The van der Waals surface area contributed by atoms with Gasteiger partial charge in [-0.2, -0.15) is 5.10 Å². The minimum atomic E-state index is -0.434. The second-order valence-electron chi connectivity index (χ2n) is 3.80. The maximum Gasteiger partial charge on any atom is 0.300 e. The van der Waals surface area contributed by atoms with E-state index in [0.717, 1.165) is 11.3 Å². The zero-order valence-corrected chi connectivity index (χ0v) is 9.73. The lowest BCUT2D eigenvalue weighted by Crippen LogP contribution is -2.29. The molecule has 0 aliphatic heterocycles. The van der Waals surface area contributed by atoms with Crippen molar-refractivity contribution < 1.29 is 9.21 Å². The zero-order chi connectivity index (χ0) is 12.4. The molecule has 0 radical (unpaired) electrons. The van der Waals surface area contributed by atoms with Crippen LogP contribution in [-0.2, 0) is 6.54 Å². The Morgan fingerprint density at radius 3 is 2.94 bits per heavy atom. The number of carbonyl (C=O) groups is 1. The van der Waals surface area contributed by atoms with Gasteiger partial charge in [-0.25, -0.2) is 5.84 Å². The summed E-state index contributed by atoms with van der Waals surface area (Å²) in [6.07, 6.45) is 1.73. The van der Waals surface area contributed by atoms with Gasteiger partial charge < -0.3 is 4.42 Å². The maximum absolute atomic E-state index is 11.3. The topological polar surface area (TPSA) is 86.1 Å². The van der Waals surface area contributed by atoms with Crippen molar-refractivity contribution in [2.75, 3.05) is 0 Å². The fourth-order valence-corrected chi connectivity index (χ4v) is 1.59. The minimum absolute atomic E-state index is 0.213. The third-order valence-corrected chi connectivity index (χ3v) is 2.62. The van der Waals surface area contributed by atoms with E-state index in [4.69, 9.17) is 10.3 Å². The number of amides is 1. The average molecular weight is 234 g/mol. The van der Waals surface area contributed by atoms with Crippen LogP contribution in [-0.4, -0.2) is 15.7 Å². The van der Waals surface area contributed by atoms with Crippen molar-refractivity contribution in [3.63, 3.8) is 0 Å². The molecule has 0 aromatic carbocycles. The van der Waals surface area contributed by atoms with Crippen molar-refractivity contribution in [1.82, 2.24) is 15.2 Å². The molecule has 0 unspecified atom stereocenters. The molecule has 0 spiro atoms. The number of rotatable bonds is 3. The van der Waals surface area contributed by atoms with Gasteiger partial charge in [-0.05, 0) is 26.0 Å². The summed E-state index contributed by atoms with van der Waals surface area (Å²) in [5, 5.41) is 4.18. The van der Waals surface area contributed by atoms with Crippen LogP contribution in [0.5, 0.6) is 0 Å². The number of nitrogens with one attached hydrogen (secondary N) is 1. The number of aryl methyl sites for hydroxylation is 2. The summed E-state index contributed by atoms with van der Waals surface area (Å²) in [6, 6.07) is 3.60. The number of nitrogen functional groups attached to an aromatic ring is 1. The fraction of sp³-hybridized carbons (Fsp3) is 0.273. The molecule has 0 aliphatic rings. The van der Waals surface area contributed by atoms with Gasteiger partial charge in [0.1, 0.15) is 5.76 Å². The van der Waals surface area contributed by atoms with Crippen LogP contribution >= 0.6 is 0 Å². The summed E-state index contributed by atoms with van der Waals surface area (Å²) in [6.45, 7) is 4.35. The molecule has 0 fully saturated rings. The molecule has 17 heavy (non-hydrogen) atoms. The molecular formula is C11H14N4O2. The Morgan fingerprint density at radius 1 is 1.59 bits per heavy atom. The molecule has 1 amide bonds. The lowest BCUT2D eigenvalue weighted by Gasteiger charge is -2.02. The molecule has 0 saturated carbocycles. The Kier molecular flexibility index (Phi) is 2.97. The summed E-state index contributed by atoms with van der Waals surface area (Å²) in [5.74, 6) is 5.52. The molecule has 90 valence electrons. The van der Waals surface area contributed by atoms with Crippen molar-refractivity contribution in [2.24, 2.45) is 5.84 Å². The van der Waals surface area contributed by atoms with E-state index < -0.39 is 5.91 Å². The highest BCUT2D eigenvalue weighted by atomic mass is 16.4. The molecule has 0 saturated heterocycles. The van der Waals surface area contributed by atoms with Crippen LogP contribution in [0.25, 0.3) is 0 Å². The molecule has 6 heteroatoms. The Hall–Kier alpha value is -2.08. The van der Waals surface area contributed by atoms with Gasteiger partial charge in [0.15, 0.2) is 5.76 Å². The van der Waals surface area contributed by atoms with Gasteiger partial charge in [-0.1, -0.05) is 0 Å². The predicted molar refractivity (Wildman–Crippen MR) is 61.2 cm³/mol. The number of furan rings is 1. The minimum Gasteiger partial charge on any atom is -0.456 e. The number of nitrogens with two attached hydrogens (primary N) is 1. The first-order valence-corrected chi connectivity index (χ1v) is 5.20. The SMILES string of the molecule is Cc1oc(C(=O)NN)cc1Cn1nccc1C. The summed E-state index contributed by atoms with van der Waals surface area (Å²) >= 11 is 0. The van der Waals surface area contributed by atoms with Crippen molar-refractivity contribution in [1.29, 1.82) is 0 Å². The molecule has 2 heterocycles. The standard InChI is InChI=1S/C11H14N4O2/c1-7-3-4-13-15(7)6-9-5-10(11(16)14-12)17-8(9)2/h3-5H,6,12H2,1-2H3,(H,14,16). The van der Waals surface area contributed by atoms with Crippen molar-refractivity contribution in [3.05, 3.63) is 41.1 Å². The van der Waals surface area contributed by atoms with Gasteiger partial charge in [0.25, 0.3) is 0 Å². The van der Waals surface area contributed by atoms with Crippen LogP contribution < -0.4 is 11.3 Å². The monoisotopic (exact) mass is 234 g/mol. The lowest BCUT2D eigenvalue weighted by molar-refractivity contribution is 0.0924. The Bertz CT molecular complexity index is 541. The third-order valence-electron chi connectivity index (χ3n) is 2.62. The van der Waals surface area contributed by atoms with Gasteiger partial charge in [-0.3, -0.25) is 14.9 Å². The normalized spacial score (nSPS) is 10.5. The van der Waals surface area contributed by atoms with Crippen LogP contribution in [0.4, 0.5) is 0 Å². The van der Waals surface area contributed by atoms with E-state index in [1.54, 1.807) is 12.3 Å². The van der Waals surface area contributed by atoms with Crippen LogP contribution in [0.3, 0.4) is 0 Å². The van der Waals surface area contributed by atoms with E-state index in [9.17, 15) is 4.79 Å². The third kappa shape index (κ3) is 2.21. The molecule has 2 aromatic heterocycles. The van der Waals surface area contributed by atoms with Gasteiger partial charge in [0.2, 0.25) is 0 Å². The van der Waals surface area contributed by atoms with Crippen LogP contribution in [0, 0.1) is 13.8 Å². The van der Waals surface area contributed by atoms with Crippen molar-refractivity contribution >= 4 is 5.91 Å². The quantitative estimate of drug-likeness (QED) is 0.466. The molecule has 6 nitrogen and oxygen atoms in total. The second-order valence-corrected chi connectivity index (χ2v) is 3.80. The average Bonchev–Trinajstić information content (AvgIpc) is 2.87. The number of hydrogen-bond acceptors (Lipinski definition) is 4. The van der Waals surface area contributed by atoms with E-state index >= 15 is 0 Å². The summed E-state index contributed by atoms with van der Waals surface area (Å²) < 4.78 is 7.16. The number of nitrogens with zero attached hydrogens (tertiary/aromatic N) is 2. The number of aromatic nitrogens is 2. The summed E-state index contributed by atoms with van der Waals surface area (Å²) in [7, 11) is 0. The first kappa shape index (κ1) is 11.4. The number of carbonyl (C=O) groups excluding carboxylic acids is 1. The van der Waals surface area contributed by atoms with E-state index in [-0.39, 0.29) is 5.76 Å². The number of hydrazine groups is 1. The first-order valence-electron chi connectivity index (χ1n) is 5.20. The zero-order valence-electron chi connectivity index (χ0n) is 9.73. The largest absolute Gasteiger partial charge is 0.456 e. The smallest absolute Gasteiger partial charge is 0.300 e. The van der Waals surface area contributed by atoms with Crippen molar-refractivity contribution in [2.45, 2.75) is 20.4 Å². The second kappa shape index (κ2) is 4.42. The van der Waals surface area contributed by atoms with Gasteiger partial charge in [-0.15, -0.1) is 0 Å². The predicted octanol–water partition coefficient (Wildman–Crippen LogP) is 0.745. The highest BCUT2D eigenvalue weighted by Crippen LogP contribution is 2.16. The summed E-state index contributed by atoms with van der Waals surface area (Å²) in [5.41, 5.74) is 4.00. The van der Waals surface area contributed by atoms with E-state index in [1.807, 2.05) is 30.0 Å². The Morgan fingerprint density at radius 2 is 2.35 bits per heavy atom. The fourth-order valence-electron chi connectivity index (χ4n) is 1.59. The maximum atomic E-state index is 11.3. The molecule has 0 bridgehead atoms. The molecule has 0 aliphatic carbocycles. The van der Waals surface area contributed by atoms with Gasteiger partial charge in [0.05, 0.1) is 6.54 Å². The highest BCUT2D eigenvalue weighted by molar-refractivity contribution is 5.91. The molecule has 2 aromatic rings. The van der Waals surface area contributed by atoms with Crippen LogP contribution in [0.15, 0.2) is 22.7 Å². The Balaban J connectivity index is 2.25. The van der Waals surface area contributed by atoms with Crippen LogP contribution in [0.2, 0.25) is 0 Å². The molecular weight excluding hydrogens is 220 g/mol. The molecule has 3 N–H and O–H groups in total. The molecule has 2 rings (SSSR count). The number of hydrogen-bond donors (Lipinski definition) is 2. The van der Waals surface area contributed by atoms with Gasteiger partial charge in [0, 0.05) is 17.5 Å². The van der Waals surface area contributed by atoms with E-state index in [1.165, 1.54) is 0 Å². The lowest BCUT2D eigenvalue weighted by atomic mass is 10.2.